The Hall–Kier alpha value is -1.92. The molecule has 0 saturated carbocycles. The fraction of sp³-hybridized carbons (Fsp3) is 0.125. The van der Waals surface area contributed by atoms with Crippen LogP contribution in [-0.2, 0) is 0 Å². The van der Waals surface area contributed by atoms with Gasteiger partial charge in [-0.3, -0.25) is 5.43 Å². The molecular formula is C16H16BrN3OS. The lowest BCUT2D eigenvalue weighted by Crippen LogP contribution is -2.23. The van der Waals surface area contributed by atoms with Gasteiger partial charge in [0.15, 0.2) is 5.11 Å². The largest absolute Gasteiger partial charge is 0.493 e. The van der Waals surface area contributed by atoms with Crippen LogP contribution in [0.1, 0.15) is 12.5 Å². The maximum Gasteiger partial charge on any atom is 0.191 e. The molecule has 0 fully saturated rings. The van der Waals surface area contributed by atoms with Gasteiger partial charge in [0.2, 0.25) is 0 Å². The Kier molecular flexibility index (Phi) is 6.36. The van der Waals surface area contributed by atoms with Gasteiger partial charge in [-0.05, 0) is 49.5 Å². The number of rotatable bonds is 5. The molecule has 0 aliphatic rings. The highest BCUT2D eigenvalue weighted by atomic mass is 79.9. The third-order valence-electron chi connectivity index (χ3n) is 2.67. The van der Waals surface area contributed by atoms with E-state index in [1.807, 2.05) is 55.5 Å². The van der Waals surface area contributed by atoms with E-state index >= 15 is 0 Å². The zero-order valence-electron chi connectivity index (χ0n) is 12.0. The first-order valence-electron chi connectivity index (χ1n) is 6.76. The molecule has 0 aromatic heterocycles. The minimum atomic E-state index is 0.426. The quantitative estimate of drug-likeness (QED) is 0.466. The molecule has 0 aliphatic carbocycles. The van der Waals surface area contributed by atoms with Crippen molar-refractivity contribution in [2.45, 2.75) is 6.92 Å². The SMILES string of the molecule is CCOc1ccc(Br)cc1C=NNC(=S)Nc1ccccc1. The molecule has 22 heavy (non-hydrogen) atoms. The summed E-state index contributed by atoms with van der Waals surface area (Å²) in [5, 5.41) is 7.61. The molecule has 0 saturated heterocycles. The minimum absolute atomic E-state index is 0.426. The fourth-order valence-electron chi connectivity index (χ4n) is 1.75. The molecule has 2 aromatic carbocycles. The molecule has 0 heterocycles. The second-order valence-corrected chi connectivity index (χ2v) is 5.63. The Labute approximate surface area is 143 Å². The van der Waals surface area contributed by atoms with Crippen molar-refractivity contribution in [2.24, 2.45) is 5.10 Å². The monoisotopic (exact) mass is 377 g/mol. The molecule has 0 unspecified atom stereocenters. The molecule has 0 bridgehead atoms. The molecule has 0 aliphatic heterocycles. The van der Waals surface area contributed by atoms with Crippen molar-refractivity contribution in [2.75, 3.05) is 11.9 Å². The number of benzene rings is 2. The van der Waals surface area contributed by atoms with E-state index in [1.165, 1.54) is 0 Å². The van der Waals surface area contributed by atoms with Gasteiger partial charge >= 0.3 is 0 Å². The number of hydrazone groups is 1. The molecule has 0 amide bonds. The molecule has 2 rings (SSSR count). The van der Waals surface area contributed by atoms with Crippen molar-refractivity contribution >= 4 is 45.2 Å². The van der Waals surface area contributed by atoms with Gasteiger partial charge in [-0.15, -0.1) is 0 Å². The number of hydrogen-bond acceptors (Lipinski definition) is 3. The molecule has 2 N–H and O–H groups in total. The van der Waals surface area contributed by atoms with E-state index < -0.39 is 0 Å². The number of thiocarbonyl (C=S) groups is 1. The van der Waals surface area contributed by atoms with Crippen LogP contribution in [-0.4, -0.2) is 17.9 Å². The lowest BCUT2D eigenvalue weighted by molar-refractivity contribution is 0.339. The summed E-state index contributed by atoms with van der Waals surface area (Å²) < 4.78 is 6.52. The van der Waals surface area contributed by atoms with Crippen molar-refractivity contribution in [3.63, 3.8) is 0 Å². The second kappa shape index (κ2) is 8.51. The molecular weight excluding hydrogens is 362 g/mol. The van der Waals surface area contributed by atoms with Gasteiger partial charge < -0.3 is 10.1 Å². The van der Waals surface area contributed by atoms with Gasteiger partial charge in [0.25, 0.3) is 0 Å². The maximum atomic E-state index is 5.56. The lowest BCUT2D eigenvalue weighted by atomic mass is 10.2. The van der Waals surface area contributed by atoms with E-state index in [4.69, 9.17) is 17.0 Å². The number of hydrogen-bond donors (Lipinski definition) is 2. The molecule has 6 heteroatoms. The van der Waals surface area contributed by atoms with Crippen LogP contribution in [0.5, 0.6) is 5.75 Å². The van der Waals surface area contributed by atoms with Gasteiger partial charge in [-0.25, -0.2) is 0 Å². The van der Waals surface area contributed by atoms with Crippen molar-refractivity contribution in [1.29, 1.82) is 0 Å². The Morgan fingerprint density at radius 2 is 2.05 bits per heavy atom. The van der Waals surface area contributed by atoms with Gasteiger partial charge in [-0.2, -0.15) is 5.10 Å². The Morgan fingerprint density at radius 3 is 2.77 bits per heavy atom. The molecule has 0 spiro atoms. The first kappa shape index (κ1) is 16.5. The van der Waals surface area contributed by atoms with Crippen LogP contribution in [0.3, 0.4) is 0 Å². The van der Waals surface area contributed by atoms with E-state index in [9.17, 15) is 0 Å². The first-order chi connectivity index (χ1) is 10.7. The third-order valence-corrected chi connectivity index (χ3v) is 3.36. The zero-order chi connectivity index (χ0) is 15.8. The molecule has 4 nitrogen and oxygen atoms in total. The topological polar surface area (TPSA) is 45.6 Å². The maximum absolute atomic E-state index is 5.56. The number of nitrogens with zero attached hydrogens (tertiary/aromatic N) is 1. The van der Waals surface area contributed by atoms with Crippen molar-refractivity contribution in [3.8, 4) is 5.75 Å². The van der Waals surface area contributed by atoms with E-state index in [-0.39, 0.29) is 0 Å². The summed E-state index contributed by atoms with van der Waals surface area (Å²) in [6.07, 6.45) is 1.68. The minimum Gasteiger partial charge on any atom is -0.493 e. The highest BCUT2D eigenvalue weighted by molar-refractivity contribution is 9.10. The Morgan fingerprint density at radius 1 is 1.27 bits per heavy atom. The lowest BCUT2D eigenvalue weighted by Gasteiger charge is -2.08. The summed E-state index contributed by atoms with van der Waals surface area (Å²) in [6.45, 7) is 2.55. The van der Waals surface area contributed by atoms with E-state index in [2.05, 4.69) is 31.8 Å². The standard InChI is InChI=1S/C16H16BrN3OS/c1-2-21-15-9-8-13(17)10-12(15)11-18-20-16(22)19-14-6-4-3-5-7-14/h3-11H,2H2,1H3,(H2,19,20,22). The summed E-state index contributed by atoms with van der Waals surface area (Å²) in [5.74, 6) is 0.776. The number of para-hydroxylation sites is 1. The number of ether oxygens (including phenoxy) is 1. The van der Waals surface area contributed by atoms with Crippen LogP contribution >= 0.6 is 28.1 Å². The summed E-state index contributed by atoms with van der Waals surface area (Å²) in [6, 6.07) is 15.4. The average molecular weight is 378 g/mol. The highest BCUT2D eigenvalue weighted by Crippen LogP contribution is 2.21. The Bertz CT molecular complexity index is 662. The van der Waals surface area contributed by atoms with Crippen LogP contribution in [0.25, 0.3) is 0 Å². The van der Waals surface area contributed by atoms with E-state index in [0.29, 0.717) is 11.7 Å². The van der Waals surface area contributed by atoms with Crippen LogP contribution in [0.15, 0.2) is 58.1 Å². The van der Waals surface area contributed by atoms with Crippen LogP contribution in [0.4, 0.5) is 5.69 Å². The average Bonchev–Trinajstić information content (AvgIpc) is 2.51. The van der Waals surface area contributed by atoms with Crippen molar-refractivity contribution in [1.82, 2.24) is 5.43 Å². The summed E-state index contributed by atoms with van der Waals surface area (Å²) in [4.78, 5) is 0. The van der Waals surface area contributed by atoms with Crippen LogP contribution < -0.4 is 15.5 Å². The summed E-state index contributed by atoms with van der Waals surface area (Å²) >= 11 is 8.62. The summed E-state index contributed by atoms with van der Waals surface area (Å²) in [5.41, 5.74) is 4.56. The number of anilines is 1. The van der Waals surface area contributed by atoms with E-state index in [0.717, 1.165) is 21.5 Å². The van der Waals surface area contributed by atoms with Crippen LogP contribution in [0, 0.1) is 0 Å². The molecule has 0 radical (unpaired) electrons. The predicted octanol–water partition coefficient (Wildman–Crippen LogP) is 4.17. The number of nitrogens with one attached hydrogen (secondary N) is 2. The van der Waals surface area contributed by atoms with Gasteiger partial charge in [0.1, 0.15) is 5.75 Å². The normalized spacial score (nSPS) is 10.5. The predicted molar refractivity (Wildman–Crippen MR) is 98.7 cm³/mol. The van der Waals surface area contributed by atoms with Gasteiger partial charge in [-0.1, -0.05) is 34.1 Å². The zero-order valence-corrected chi connectivity index (χ0v) is 14.4. The van der Waals surface area contributed by atoms with E-state index in [1.54, 1.807) is 6.21 Å². The Balaban J connectivity index is 1.97. The van der Waals surface area contributed by atoms with Crippen molar-refractivity contribution in [3.05, 3.63) is 58.6 Å². The molecule has 114 valence electrons. The second-order valence-electron chi connectivity index (χ2n) is 4.31. The first-order valence-corrected chi connectivity index (χ1v) is 7.96. The number of halogens is 1. The molecule has 2 aromatic rings. The van der Waals surface area contributed by atoms with Gasteiger partial charge in [0, 0.05) is 15.7 Å². The summed E-state index contributed by atoms with van der Waals surface area (Å²) in [7, 11) is 0. The highest BCUT2D eigenvalue weighted by Gasteiger charge is 2.02. The third kappa shape index (κ3) is 5.13. The fourth-order valence-corrected chi connectivity index (χ4v) is 2.30. The smallest absolute Gasteiger partial charge is 0.191 e. The van der Waals surface area contributed by atoms with Crippen LogP contribution in [0.2, 0.25) is 0 Å². The van der Waals surface area contributed by atoms with Crippen molar-refractivity contribution < 1.29 is 4.74 Å². The molecule has 0 atom stereocenters. The van der Waals surface area contributed by atoms with Gasteiger partial charge in [0.05, 0.1) is 12.8 Å².